The first-order valence-corrected chi connectivity index (χ1v) is 9.22. The number of carbonyl (C=O) groups is 3. The molecule has 1 saturated carbocycles. The topological polar surface area (TPSA) is 84.9 Å². The highest BCUT2D eigenvalue weighted by atomic mass is 16.7. The van der Waals surface area contributed by atoms with Gasteiger partial charge < -0.3 is 19.7 Å². The van der Waals surface area contributed by atoms with Crippen molar-refractivity contribution in [1.82, 2.24) is 0 Å². The fourth-order valence-corrected chi connectivity index (χ4v) is 3.40. The second kappa shape index (κ2) is 6.40. The van der Waals surface area contributed by atoms with Crippen LogP contribution in [0.2, 0.25) is 0 Å². The molecule has 0 spiro atoms. The summed E-state index contributed by atoms with van der Waals surface area (Å²) in [6.07, 6.45) is 5.08. The Labute approximate surface area is 157 Å². The van der Waals surface area contributed by atoms with E-state index in [0.29, 0.717) is 0 Å². The maximum Gasteiger partial charge on any atom is 0.350 e. The van der Waals surface area contributed by atoms with Gasteiger partial charge in [0.15, 0.2) is 5.57 Å². The van der Waals surface area contributed by atoms with Gasteiger partial charge in [0.2, 0.25) is 5.91 Å². The van der Waals surface area contributed by atoms with Crippen LogP contribution in [0.5, 0.6) is 0 Å². The molecule has 1 aromatic rings. The molecule has 2 aliphatic heterocycles. The van der Waals surface area contributed by atoms with Gasteiger partial charge >= 0.3 is 11.9 Å². The van der Waals surface area contributed by atoms with Crippen molar-refractivity contribution in [3.05, 3.63) is 35.5 Å². The number of nitrogens with zero attached hydrogens (tertiary/aromatic N) is 1. The molecule has 4 rings (SSSR count). The molecule has 2 fully saturated rings. The van der Waals surface area contributed by atoms with Gasteiger partial charge in [0.05, 0.1) is 0 Å². The van der Waals surface area contributed by atoms with E-state index in [-0.39, 0.29) is 17.4 Å². The highest BCUT2D eigenvalue weighted by Gasteiger charge is 2.39. The third-order valence-corrected chi connectivity index (χ3v) is 4.89. The number of anilines is 2. The van der Waals surface area contributed by atoms with Crippen LogP contribution >= 0.6 is 0 Å². The number of aryl methyl sites for hydroxylation is 1. The highest BCUT2D eigenvalue weighted by Crippen LogP contribution is 2.36. The smallest absolute Gasteiger partial charge is 0.350 e. The molecule has 142 valence electrons. The molecule has 2 heterocycles. The Balaban J connectivity index is 1.52. The van der Waals surface area contributed by atoms with Crippen LogP contribution in [0.1, 0.15) is 38.7 Å². The summed E-state index contributed by atoms with van der Waals surface area (Å²) in [5.74, 6) is -2.29. The van der Waals surface area contributed by atoms with Gasteiger partial charge in [-0.05, 0) is 49.4 Å². The Morgan fingerprint density at radius 1 is 1.22 bits per heavy atom. The third kappa shape index (κ3) is 3.54. The summed E-state index contributed by atoms with van der Waals surface area (Å²) in [6, 6.07) is 5.69. The van der Waals surface area contributed by atoms with Crippen LogP contribution in [0.25, 0.3) is 0 Å². The molecule has 27 heavy (non-hydrogen) atoms. The Morgan fingerprint density at radius 3 is 2.59 bits per heavy atom. The zero-order valence-electron chi connectivity index (χ0n) is 15.4. The Hall–Kier alpha value is -2.83. The lowest BCUT2D eigenvalue weighted by Crippen LogP contribution is -2.42. The molecule has 0 atom stereocenters. The summed E-state index contributed by atoms with van der Waals surface area (Å²) in [4.78, 5) is 38.3. The van der Waals surface area contributed by atoms with Crippen molar-refractivity contribution in [3.63, 3.8) is 0 Å². The maximum absolute atomic E-state index is 12.5. The van der Waals surface area contributed by atoms with Gasteiger partial charge in [-0.15, -0.1) is 0 Å². The number of amides is 1. The number of esters is 2. The fraction of sp³-hybridized carbons (Fsp3) is 0.450. The van der Waals surface area contributed by atoms with E-state index in [1.54, 1.807) is 0 Å². The largest absolute Gasteiger partial charge is 0.419 e. The quantitative estimate of drug-likeness (QED) is 0.500. The van der Waals surface area contributed by atoms with Gasteiger partial charge in [0.1, 0.15) is 0 Å². The Bertz CT molecular complexity index is 832. The maximum atomic E-state index is 12.5. The van der Waals surface area contributed by atoms with Gasteiger partial charge in [0, 0.05) is 43.9 Å². The number of hydrogen-bond donors (Lipinski definition) is 1. The van der Waals surface area contributed by atoms with E-state index in [1.807, 2.05) is 23.1 Å². The fourth-order valence-electron chi connectivity index (χ4n) is 3.40. The first-order valence-electron chi connectivity index (χ1n) is 9.22. The zero-order chi connectivity index (χ0) is 19.2. The van der Waals surface area contributed by atoms with Crippen molar-refractivity contribution < 1.29 is 23.9 Å². The molecule has 0 aromatic heterocycles. The SMILES string of the molecule is CC1(C)OC(=O)C(=CNc2ccc3c(c2)CCCN3C(=O)C2CC2)C(=O)O1. The average Bonchev–Trinajstić information content (AvgIpc) is 3.43. The summed E-state index contributed by atoms with van der Waals surface area (Å²) < 4.78 is 10.1. The minimum Gasteiger partial charge on any atom is -0.419 e. The van der Waals surface area contributed by atoms with Crippen LogP contribution in [0, 0.1) is 5.92 Å². The summed E-state index contributed by atoms with van der Waals surface area (Å²) >= 11 is 0. The molecule has 3 aliphatic rings. The second-order valence-corrected chi connectivity index (χ2v) is 7.59. The van der Waals surface area contributed by atoms with Gasteiger partial charge in [-0.25, -0.2) is 9.59 Å². The van der Waals surface area contributed by atoms with Crippen molar-refractivity contribution in [3.8, 4) is 0 Å². The predicted molar refractivity (Wildman–Crippen MR) is 97.8 cm³/mol. The monoisotopic (exact) mass is 370 g/mol. The van der Waals surface area contributed by atoms with Crippen molar-refractivity contribution >= 4 is 29.2 Å². The number of nitrogens with one attached hydrogen (secondary N) is 1. The minimum absolute atomic E-state index is 0.183. The lowest BCUT2D eigenvalue weighted by molar-refractivity contribution is -0.222. The van der Waals surface area contributed by atoms with E-state index in [2.05, 4.69) is 5.32 Å². The van der Waals surface area contributed by atoms with Crippen LogP contribution in [0.4, 0.5) is 11.4 Å². The molecule has 7 heteroatoms. The van der Waals surface area contributed by atoms with Crippen LogP contribution in [0.3, 0.4) is 0 Å². The Kier molecular flexibility index (Phi) is 4.17. The number of rotatable bonds is 3. The molecule has 0 unspecified atom stereocenters. The lowest BCUT2D eigenvalue weighted by Gasteiger charge is -2.30. The van der Waals surface area contributed by atoms with Crippen molar-refractivity contribution in [2.45, 2.75) is 45.3 Å². The molecule has 1 aliphatic carbocycles. The summed E-state index contributed by atoms with van der Waals surface area (Å²) in [6.45, 7) is 3.77. The van der Waals surface area contributed by atoms with E-state index >= 15 is 0 Å². The zero-order valence-corrected chi connectivity index (χ0v) is 15.4. The van der Waals surface area contributed by atoms with Crippen LogP contribution in [-0.4, -0.2) is 30.2 Å². The van der Waals surface area contributed by atoms with Crippen LogP contribution in [0.15, 0.2) is 30.0 Å². The molecule has 0 radical (unpaired) electrons. The standard InChI is InChI=1S/C20H22N2O5/c1-20(2)26-18(24)15(19(25)27-20)11-21-14-7-8-16-13(10-14)4-3-9-22(16)17(23)12-5-6-12/h7-8,10-12,21H,3-6,9H2,1-2H3. The van der Waals surface area contributed by atoms with E-state index in [4.69, 9.17) is 9.47 Å². The van der Waals surface area contributed by atoms with E-state index in [9.17, 15) is 14.4 Å². The predicted octanol–water partition coefficient (Wildman–Crippen LogP) is 2.51. The van der Waals surface area contributed by atoms with E-state index in [1.165, 1.54) is 20.0 Å². The molecular weight excluding hydrogens is 348 g/mol. The van der Waals surface area contributed by atoms with Gasteiger partial charge in [-0.2, -0.15) is 0 Å². The summed E-state index contributed by atoms with van der Waals surface area (Å²) in [5.41, 5.74) is 2.58. The van der Waals surface area contributed by atoms with Crippen LogP contribution < -0.4 is 10.2 Å². The number of ether oxygens (including phenoxy) is 2. The molecule has 1 aromatic carbocycles. The van der Waals surface area contributed by atoms with Crippen molar-refractivity contribution in [2.75, 3.05) is 16.8 Å². The number of hydrogen-bond acceptors (Lipinski definition) is 6. The number of cyclic esters (lactones) is 2. The van der Waals surface area contributed by atoms with Crippen molar-refractivity contribution in [2.24, 2.45) is 5.92 Å². The first kappa shape index (κ1) is 17.6. The van der Waals surface area contributed by atoms with Crippen LogP contribution in [-0.2, 0) is 30.3 Å². The van der Waals surface area contributed by atoms with E-state index < -0.39 is 17.7 Å². The van der Waals surface area contributed by atoms with Gasteiger partial charge in [-0.3, -0.25) is 4.79 Å². The molecular formula is C20H22N2O5. The minimum atomic E-state index is -1.26. The molecule has 1 saturated heterocycles. The summed E-state index contributed by atoms with van der Waals surface area (Å²) in [7, 11) is 0. The Morgan fingerprint density at radius 2 is 1.93 bits per heavy atom. The molecule has 1 N–H and O–H groups in total. The molecule has 1 amide bonds. The lowest BCUT2D eigenvalue weighted by atomic mass is 10.0. The summed E-state index contributed by atoms with van der Waals surface area (Å²) in [5, 5.41) is 2.96. The van der Waals surface area contributed by atoms with Crippen molar-refractivity contribution in [1.29, 1.82) is 0 Å². The average molecular weight is 370 g/mol. The first-order chi connectivity index (χ1) is 12.8. The van der Waals surface area contributed by atoms with Gasteiger partial charge in [-0.1, -0.05) is 0 Å². The van der Waals surface area contributed by atoms with E-state index in [0.717, 1.165) is 49.2 Å². The molecule has 0 bridgehead atoms. The number of carbonyl (C=O) groups excluding carboxylic acids is 3. The highest BCUT2D eigenvalue weighted by molar-refractivity contribution is 6.15. The third-order valence-electron chi connectivity index (χ3n) is 4.89. The van der Waals surface area contributed by atoms with Gasteiger partial charge in [0.25, 0.3) is 5.79 Å². The second-order valence-electron chi connectivity index (χ2n) is 7.59. The molecule has 7 nitrogen and oxygen atoms in total. The number of fused-ring (bicyclic) bond motifs is 1. The number of benzene rings is 1. The normalized spacial score (nSPS) is 21.1.